The van der Waals surface area contributed by atoms with Crippen molar-refractivity contribution in [1.29, 1.82) is 0 Å². The predicted molar refractivity (Wildman–Crippen MR) is 130 cm³/mol. The van der Waals surface area contributed by atoms with Gasteiger partial charge in [-0.15, -0.1) is 0 Å². The normalized spacial score (nSPS) is 11.1. The average molecular weight is 457 g/mol. The Morgan fingerprint density at radius 1 is 1.06 bits per heavy atom. The van der Waals surface area contributed by atoms with E-state index < -0.39 is 0 Å². The van der Waals surface area contributed by atoms with Gasteiger partial charge in [0.15, 0.2) is 5.13 Å². The highest BCUT2D eigenvalue weighted by Crippen LogP contribution is 2.32. The SMILES string of the molecule is COc1ccc2nc(N(Cc3ccccc3)C(=O)Cn3ncc4ccccc4c3=O)sc2c1. The predicted octanol–water partition coefficient (Wildman–Crippen LogP) is 4.25. The number of carbonyl (C=O) groups is 1. The lowest BCUT2D eigenvalue weighted by molar-refractivity contribution is -0.119. The van der Waals surface area contributed by atoms with E-state index in [0.717, 1.165) is 26.9 Å². The van der Waals surface area contributed by atoms with Crippen molar-refractivity contribution >= 4 is 43.4 Å². The molecule has 8 heteroatoms. The highest BCUT2D eigenvalue weighted by Gasteiger charge is 2.22. The zero-order chi connectivity index (χ0) is 22.8. The van der Waals surface area contributed by atoms with Crippen LogP contribution in [0.1, 0.15) is 5.56 Å². The van der Waals surface area contributed by atoms with Gasteiger partial charge < -0.3 is 4.74 Å². The number of anilines is 1. The van der Waals surface area contributed by atoms with E-state index in [1.807, 2.05) is 60.7 Å². The summed E-state index contributed by atoms with van der Waals surface area (Å²) >= 11 is 1.41. The summed E-state index contributed by atoms with van der Waals surface area (Å²) in [6, 6.07) is 22.5. The van der Waals surface area contributed by atoms with E-state index in [1.54, 1.807) is 30.3 Å². The summed E-state index contributed by atoms with van der Waals surface area (Å²) in [4.78, 5) is 32.7. The number of aromatic nitrogens is 3. The second-order valence-electron chi connectivity index (χ2n) is 7.49. The zero-order valence-electron chi connectivity index (χ0n) is 17.8. The lowest BCUT2D eigenvalue weighted by atomic mass is 10.2. The smallest absolute Gasteiger partial charge is 0.275 e. The average Bonchev–Trinajstić information content (AvgIpc) is 3.28. The molecule has 0 saturated carbocycles. The first-order valence-corrected chi connectivity index (χ1v) is 11.2. The van der Waals surface area contributed by atoms with E-state index in [-0.39, 0.29) is 18.0 Å². The van der Waals surface area contributed by atoms with Gasteiger partial charge in [-0.1, -0.05) is 59.9 Å². The monoisotopic (exact) mass is 456 g/mol. The van der Waals surface area contributed by atoms with E-state index >= 15 is 0 Å². The molecule has 2 heterocycles. The first kappa shape index (κ1) is 20.8. The van der Waals surface area contributed by atoms with Gasteiger partial charge in [-0.2, -0.15) is 5.10 Å². The molecule has 33 heavy (non-hydrogen) atoms. The highest BCUT2D eigenvalue weighted by atomic mass is 32.1. The molecule has 3 aromatic carbocycles. The number of hydrogen-bond donors (Lipinski definition) is 0. The molecule has 5 aromatic rings. The Kier molecular flexibility index (Phi) is 5.58. The van der Waals surface area contributed by atoms with Gasteiger partial charge >= 0.3 is 0 Å². The maximum Gasteiger partial charge on any atom is 0.275 e. The van der Waals surface area contributed by atoms with Crippen LogP contribution in [-0.2, 0) is 17.9 Å². The van der Waals surface area contributed by atoms with Gasteiger partial charge in [0.2, 0.25) is 0 Å². The molecule has 0 aliphatic carbocycles. The molecule has 0 radical (unpaired) electrons. The molecular weight excluding hydrogens is 436 g/mol. The Labute approximate surface area is 193 Å². The third kappa shape index (κ3) is 4.20. The Morgan fingerprint density at radius 3 is 2.67 bits per heavy atom. The van der Waals surface area contributed by atoms with E-state index in [2.05, 4.69) is 10.1 Å². The Hall–Kier alpha value is -4.04. The van der Waals surface area contributed by atoms with Gasteiger partial charge in [0, 0.05) is 5.39 Å². The van der Waals surface area contributed by atoms with Crippen molar-refractivity contribution in [3.8, 4) is 5.75 Å². The van der Waals surface area contributed by atoms with Crippen molar-refractivity contribution in [1.82, 2.24) is 14.8 Å². The molecule has 0 aliphatic rings. The van der Waals surface area contributed by atoms with Crippen LogP contribution >= 0.6 is 11.3 Å². The Bertz CT molecular complexity index is 1510. The maximum absolute atomic E-state index is 13.5. The van der Waals surface area contributed by atoms with Crippen LogP contribution in [0, 0.1) is 0 Å². The fourth-order valence-corrected chi connectivity index (χ4v) is 4.63. The number of amides is 1. The van der Waals surface area contributed by atoms with E-state index in [9.17, 15) is 9.59 Å². The largest absolute Gasteiger partial charge is 0.497 e. The molecular formula is C25H20N4O3S. The minimum absolute atomic E-state index is 0.185. The minimum atomic E-state index is -0.296. The molecule has 0 spiro atoms. The third-order valence-corrected chi connectivity index (χ3v) is 6.39. The molecule has 0 aliphatic heterocycles. The van der Waals surface area contributed by atoms with Crippen LogP contribution in [-0.4, -0.2) is 27.8 Å². The zero-order valence-corrected chi connectivity index (χ0v) is 18.7. The van der Waals surface area contributed by atoms with Gasteiger partial charge in [-0.3, -0.25) is 14.5 Å². The second-order valence-corrected chi connectivity index (χ2v) is 8.50. The first-order chi connectivity index (χ1) is 16.1. The van der Waals surface area contributed by atoms with Gasteiger partial charge in [0.1, 0.15) is 12.3 Å². The van der Waals surface area contributed by atoms with Crippen molar-refractivity contribution in [2.45, 2.75) is 13.1 Å². The van der Waals surface area contributed by atoms with Gasteiger partial charge in [-0.05, 0) is 29.8 Å². The van der Waals surface area contributed by atoms with Crippen LogP contribution in [0.2, 0.25) is 0 Å². The fraction of sp³-hybridized carbons (Fsp3) is 0.120. The fourth-order valence-electron chi connectivity index (χ4n) is 3.62. The Morgan fingerprint density at radius 2 is 1.85 bits per heavy atom. The van der Waals surface area contributed by atoms with Gasteiger partial charge in [0.05, 0.1) is 35.5 Å². The summed E-state index contributed by atoms with van der Waals surface area (Å²) in [5, 5.41) is 6.05. The van der Waals surface area contributed by atoms with Crippen LogP contribution in [0.15, 0.2) is 83.8 Å². The molecule has 164 valence electrons. The summed E-state index contributed by atoms with van der Waals surface area (Å²) < 4.78 is 7.43. The van der Waals surface area contributed by atoms with Crippen molar-refractivity contribution in [3.63, 3.8) is 0 Å². The van der Waals surface area contributed by atoms with Crippen LogP contribution in [0.25, 0.3) is 21.0 Å². The minimum Gasteiger partial charge on any atom is -0.497 e. The molecule has 0 saturated heterocycles. The number of thiazole rings is 1. The highest BCUT2D eigenvalue weighted by molar-refractivity contribution is 7.22. The quantitative estimate of drug-likeness (QED) is 0.382. The molecule has 2 aromatic heterocycles. The van der Waals surface area contributed by atoms with Crippen LogP contribution in [0.4, 0.5) is 5.13 Å². The van der Waals surface area contributed by atoms with Crippen LogP contribution in [0.5, 0.6) is 5.75 Å². The Balaban J connectivity index is 1.52. The van der Waals surface area contributed by atoms with Crippen molar-refractivity contribution in [3.05, 3.63) is 94.9 Å². The topological polar surface area (TPSA) is 77.3 Å². The molecule has 0 unspecified atom stereocenters. The van der Waals surface area contributed by atoms with Crippen LogP contribution < -0.4 is 15.2 Å². The molecule has 0 fully saturated rings. The summed E-state index contributed by atoms with van der Waals surface area (Å²) in [7, 11) is 1.61. The second kappa shape index (κ2) is 8.84. The molecule has 7 nitrogen and oxygen atoms in total. The molecule has 0 atom stereocenters. The molecule has 0 N–H and O–H groups in total. The van der Waals surface area contributed by atoms with E-state index in [1.165, 1.54) is 16.0 Å². The molecule has 0 bridgehead atoms. The standard InChI is InChI=1S/C25H20N4O3S/c1-32-19-11-12-21-22(13-19)33-25(27-21)28(15-17-7-3-2-4-8-17)23(30)16-29-24(31)20-10-6-5-9-18(20)14-26-29/h2-14H,15-16H2,1H3. The van der Waals surface area contributed by atoms with Crippen molar-refractivity contribution in [2.75, 3.05) is 12.0 Å². The van der Waals surface area contributed by atoms with E-state index in [4.69, 9.17) is 4.74 Å². The molecule has 1 amide bonds. The number of hydrogen-bond acceptors (Lipinski definition) is 6. The number of rotatable bonds is 6. The number of benzene rings is 3. The summed E-state index contributed by atoms with van der Waals surface area (Å²) in [5.41, 5.74) is 1.44. The lowest BCUT2D eigenvalue weighted by Gasteiger charge is -2.20. The van der Waals surface area contributed by atoms with Crippen molar-refractivity contribution in [2.24, 2.45) is 0 Å². The third-order valence-electron chi connectivity index (χ3n) is 5.35. The molecule has 5 rings (SSSR count). The van der Waals surface area contributed by atoms with E-state index in [0.29, 0.717) is 17.1 Å². The van der Waals surface area contributed by atoms with Gasteiger partial charge in [-0.25, -0.2) is 9.67 Å². The summed E-state index contributed by atoms with van der Waals surface area (Å²) in [5.74, 6) is 0.459. The van der Waals surface area contributed by atoms with Gasteiger partial charge in [0.25, 0.3) is 11.5 Å². The number of ether oxygens (including phenoxy) is 1. The number of carbonyl (C=O) groups excluding carboxylic acids is 1. The summed E-state index contributed by atoms with van der Waals surface area (Å²) in [6.45, 7) is 0.148. The summed E-state index contributed by atoms with van der Waals surface area (Å²) in [6.07, 6.45) is 1.61. The number of nitrogens with zero attached hydrogens (tertiary/aromatic N) is 4. The maximum atomic E-state index is 13.5. The lowest BCUT2D eigenvalue weighted by Crippen LogP contribution is -2.37. The van der Waals surface area contributed by atoms with Crippen molar-refractivity contribution < 1.29 is 9.53 Å². The number of methoxy groups -OCH3 is 1. The number of fused-ring (bicyclic) bond motifs is 2. The van der Waals surface area contributed by atoms with Crippen LogP contribution in [0.3, 0.4) is 0 Å². The first-order valence-electron chi connectivity index (χ1n) is 10.4.